The fourth-order valence-electron chi connectivity index (χ4n) is 3.72. The Morgan fingerprint density at radius 2 is 1.66 bits per heavy atom. The molecule has 3 N–H and O–H groups in total. The van der Waals surface area contributed by atoms with Crippen LogP contribution in [0.5, 0.6) is 0 Å². The molecule has 0 aliphatic rings. The minimum atomic E-state index is -4.89. The van der Waals surface area contributed by atoms with Gasteiger partial charge in [0.1, 0.15) is 5.60 Å². The number of nitrogens with two attached hydrogens (primary N) is 1. The highest BCUT2D eigenvalue weighted by molar-refractivity contribution is 6.14. The van der Waals surface area contributed by atoms with Gasteiger partial charge in [-0.1, -0.05) is 30.3 Å². The smallest absolute Gasteiger partial charge is 0.417 e. The maximum Gasteiger partial charge on any atom is 0.417 e. The Hall–Kier alpha value is -4.28. The van der Waals surface area contributed by atoms with Gasteiger partial charge in [-0.15, -0.1) is 0 Å². The lowest BCUT2D eigenvalue weighted by atomic mass is 9.89. The Bertz CT molecular complexity index is 1380. The highest BCUT2D eigenvalue weighted by Crippen LogP contribution is 2.37. The van der Waals surface area contributed by atoms with Crippen LogP contribution in [0.25, 0.3) is 11.1 Å². The first-order valence-electron chi connectivity index (χ1n) is 11.4. The van der Waals surface area contributed by atoms with Gasteiger partial charge in [-0.3, -0.25) is 19.9 Å². The number of aromatic nitrogens is 1. The number of primary amides is 1. The van der Waals surface area contributed by atoms with Gasteiger partial charge in [0.2, 0.25) is 5.91 Å². The zero-order valence-electron chi connectivity index (χ0n) is 20.8. The van der Waals surface area contributed by atoms with Crippen LogP contribution in [0.3, 0.4) is 0 Å². The zero-order valence-corrected chi connectivity index (χ0v) is 20.8. The van der Waals surface area contributed by atoms with E-state index in [1.165, 1.54) is 30.5 Å². The molecule has 0 saturated heterocycles. The highest BCUT2D eigenvalue weighted by atomic mass is 19.4. The molecule has 3 aromatic rings. The van der Waals surface area contributed by atoms with Gasteiger partial charge in [-0.2, -0.15) is 13.2 Å². The number of aryl methyl sites for hydroxylation is 1. The van der Waals surface area contributed by atoms with Crippen molar-refractivity contribution < 1.29 is 36.7 Å². The van der Waals surface area contributed by atoms with Crippen LogP contribution in [-0.4, -0.2) is 28.4 Å². The van der Waals surface area contributed by atoms with Gasteiger partial charge in [0.25, 0.3) is 0 Å². The number of nitrogens with one attached hydrogen (secondary N) is 1. The molecule has 1 aromatic heterocycles. The Kier molecular flexibility index (Phi) is 8.19. The molecule has 2 amide bonds. The van der Waals surface area contributed by atoms with Crippen molar-refractivity contribution in [1.82, 2.24) is 4.98 Å². The number of hydrogen-bond donors (Lipinski definition) is 2. The third kappa shape index (κ3) is 6.72. The van der Waals surface area contributed by atoms with E-state index in [-0.39, 0.29) is 29.7 Å². The summed E-state index contributed by atoms with van der Waals surface area (Å²) in [5.41, 5.74) is 1.50. The number of ketones is 1. The first-order chi connectivity index (χ1) is 17.7. The Labute approximate surface area is 216 Å². The lowest BCUT2D eigenvalue weighted by Gasteiger charge is -2.21. The number of anilines is 1. The molecule has 200 valence electrons. The fourth-order valence-corrected chi connectivity index (χ4v) is 3.72. The molecule has 3 rings (SSSR count). The largest absolute Gasteiger partial charge is 0.444 e. The topological polar surface area (TPSA) is 111 Å². The van der Waals surface area contributed by atoms with Gasteiger partial charge < -0.3 is 10.5 Å². The van der Waals surface area contributed by atoms with Crippen LogP contribution in [0.4, 0.5) is 28.0 Å². The van der Waals surface area contributed by atoms with Crippen LogP contribution in [0, 0.1) is 5.82 Å². The monoisotopic (exact) mass is 531 g/mol. The standard InChI is InChI=1S/C27H25F4N3O4/c1-26(2,3)38-25(37)34-20-11-10-16(15-8-6-14-33-19(15)12-13-21(32)35)22(23(20)28)24(36)17-7-4-5-9-18(17)27(29,30)31/h4-11,14H,12-13H2,1-3H3,(H2,32,35)(H,34,37). The van der Waals surface area contributed by atoms with Crippen molar-refractivity contribution in [3.05, 3.63) is 82.9 Å². The average molecular weight is 532 g/mol. The number of nitrogens with zero attached hydrogens (tertiary/aromatic N) is 1. The molecular weight excluding hydrogens is 506 g/mol. The molecule has 0 aliphatic carbocycles. The molecule has 1 heterocycles. The molecule has 0 fully saturated rings. The molecule has 0 radical (unpaired) electrons. The van der Waals surface area contributed by atoms with E-state index in [0.29, 0.717) is 0 Å². The summed E-state index contributed by atoms with van der Waals surface area (Å²) >= 11 is 0. The summed E-state index contributed by atoms with van der Waals surface area (Å²) in [6, 6.07) is 9.42. The Morgan fingerprint density at radius 1 is 0.974 bits per heavy atom. The van der Waals surface area contributed by atoms with Crippen LogP contribution in [0.1, 0.15) is 54.4 Å². The number of rotatable bonds is 7. The summed E-state index contributed by atoms with van der Waals surface area (Å²) in [7, 11) is 0. The van der Waals surface area contributed by atoms with Gasteiger partial charge in [-0.25, -0.2) is 9.18 Å². The normalized spacial score (nSPS) is 11.7. The second kappa shape index (κ2) is 11.0. The van der Waals surface area contributed by atoms with Crippen molar-refractivity contribution in [2.75, 3.05) is 5.32 Å². The van der Waals surface area contributed by atoms with Crippen molar-refractivity contribution in [1.29, 1.82) is 0 Å². The Morgan fingerprint density at radius 3 is 2.29 bits per heavy atom. The van der Waals surface area contributed by atoms with Gasteiger partial charge in [0, 0.05) is 29.4 Å². The van der Waals surface area contributed by atoms with Crippen LogP contribution in [-0.2, 0) is 22.1 Å². The van der Waals surface area contributed by atoms with Crippen molar-refractivity contribution in [2.45, 2.75) is 45.4 Å². The number of pyridine rings is 1. The van der Waals surface area contributed by atoms with Crippen molar-refractivity contribution in [3.63, 3.8) is 0 Å². The van der Waals surface area contributed by atoms with E-state index in [4.69, 9.17) is 10.5 Å². The van der Waals surface area contributed by atoms with E-state index in [2.05, 4.69) is 10.3 Å². The first-order valence-corrected chi connectivity index (χ1v) is 11.4. The molecule has 0 saturated carbocycles. The number of carbonyl (C=O) groups excluding carboxylic acids is 3. The third-order valence-corrected chi connectivity index (χ3v) is 5.27. The lowest BCUT2D eigenvalue weighted by molar-refractivity contribution is -0.137. The number of hydrogen-bond acceptors (Lipinski definition) is 5. The van der Waals surface area contributed by atoms with E-state index >= 15 is 4.39 Å². The highest BCUT2D eigenvalue weighted by Gasteiger charge is 2.36. The molecular formula is C27H25F4N3O4. The summed E-state index contributed by atoms with van der Waals surface area (Å²) in [5, 5.41) is 2.20. The molecule has 0 unspecified atom stereocenters. The quantitative estimate of drug-likeness (QED) is 0.291. The lowest BCUT2D eigenvalue weighted by Crippen LogP contribution is -2.27. The SMILES string of the molecule is CC(C)(C)OC(=O)Nc1ccc(-c2cccnc2CCC(N)=O)c(C(=O)c2ccccc2C(F)(F)F)c1F. The number of alkyl halides is 3. The predicted octanol–water partition coefficient (Wildman–Crippen LogP) is 5.90. The maximum absolute atomic E-state index is 16.0. The molecule has 7 nitrogen and oxygen atoms in total. The average Bonchev–Trinajstić information content (AvgIpc) is 2.82. The maximum atomic E-state index is 16.0. The minimum absolute atomic E-state index is 0.0395. The molecule has 0 aliphatic heterocycles. The number of benzene rings is 2. The third-order valence-electron chi connectivity index (χ3n) is 5.27. The first kappa shape index (κ1) is 28.3. The number of ether oxygens (including phenoxy) is 1. The van der Waals surface area contributed by atoms with Crippen LogP contribution >= 0.6 is 0 Å². The van der Waals surface area contributed by atoms with Crippen LogP contribution in [0.15, 0.2) is 54.7 Å². The molecule has 0 bridgehead atoms. The molecule has 0 spiro atoms. The van der Waals surface area contributed by atoms with Crippen molar-refractivity contribution in [2.24, 2.45) is 5.73 Å². The number of amides is 2. The van der Waals surface area contributed by atoms with E-state index < -0.39 is 57.8 Å². The molecule has 11 heteroatoms. The molecule has 0 atom stereocenters. The van der Waals surface area contributed by atoms with E-state index in [0.717, 1.165) is 24.3 Å². The van der Waals surface area contributed by atoms with E-state index in [1.807, 2.05) is 0 Å². The zero-order chi connectivity index (χ0) is 28.3. The van der Waals surface area contributed by atoms with Gasteiger partial charge in [0.15, 0.2) is 11.6 Å². The predicted molar refractivity (Wildman–Crippen MR) is 132 cm³/mol. The van der Waals surface area contributed by atoms with Crippen LogP contribution in [0.2, 0.25) is 0 Å². The fraction of sp³-hybridized carbons (Fsp3) is 0.259. The van der Waals surface area contributed by atoms with Crippen LogP contribution < -0.4 is 11.1 Å². The van der Waals surface area contributed by atoms with Crippen molar-refractivity contribution in [3.8, 4) is 11.1 Å². The molecule has 38 heavy (non-hydrogen) atoms. The summed E-state index contributed by atoms with van der Waals surface area (Å²) in [6.45, 7) is 4.77. The summed E-state index contributed by atoms with van der Waals surface area (Å²) in [4.78, 5) is 41.4. The van der Waals surface area contributed by atoms with Gasteiger partial charge in [-0.05, 0) is 51.0 Å². The second-order valence-corrected chi connectivity index (χ2v) is 9.31. The van der Waals surface area contributed by atoms with Gasteiger partial charge in [0.05, 0.1) is 16.8 Å². The summed E-state index contributed by atoms with van der Waals surface area (Å²) in [6.07, 6.45) is -4.57. The molecule has 2 aromatic carbocycles. The van der Waals surface area contributed by atoms with Gasteiger partial charge >= 0.3 is 12.3 Å². The number of halogens is 4. The van der Waals surface area contributed by atoms with Crippen molar-refractivity contribution >= 4 is 23.5 Å². The second-order valence-electron chi connectivity index (χ2n) is 9.31. The van der Waals surface area contributed by atoms with E-state index in [9.17, 15) is 27.6 Å². The van der Waals surface area contributed by atoms with E-state index in [1.54, 1.807) is 20.8 Å². The summed E-state index contributed by atoms with van der Waals surface area (Å²) in [5.74, 6) is -3.15. The number of carbonyl (C=O) groups is 3. The summed E-state index contributed by atoms with van der Waals surface area (Å²) < 4.78 is 62.3. The minimum Gasteiger partial charge on any atom is -0.444 e. The Balaban J connectivity index is 2.24.